The van der Waals surface area contributed by atoms with Crippen molar-refractivity contribution in [1.29, 1.82) is 0 Å². The third-order valence-corrected chi connectivity index (χ3v) is 6.67. The highest BCUT2D eigenvalue weighted by atomic mass is 32.1. The van der Waals surface area contributed by atoms with Crippen molar-refractivity contribution in [2.45, 2.75) is 32.4 Å². The van der Waals surface area contributed by atoms with Crippen LogP contribution in [-0.4, -0.2) is 18.0 Å². The number of benzene rings is 1. The molecule has 1 aliphatic carbocycles. The zero-order valence-electron chi connectivity index (χ0n) is 14.9. The van der Waals surface area contributed by atoms with Gasteiger partial charge in [0.15, 0.2) is 6.10 Å². The molecule has 0 unspecified atom stereocenters. The van der Waals surface area contributed by atoms with Crippen LogP contribution in [-0.2, 0) is 28.9 Å². The van der Waals surface area contributed by atoms with Crippen molar-refractivity contribution in [3.8, 4) is 10.4 Å². The number of fused-ring (bicyclic) bond motifs is 3. The molecule has 2 heterocycles. The molecule has 0 bridgehead atoms. The number of carbonyl (C=O) groups is 2. The lowest BCUT2D eigenvalue weighted by molar-refractivity contribution is -0.129. The largest absolute Gasteiger partial charge is 0.448 e. The fourth-order valence-corrected chi connectivity index (χ4v) is 4.97. The predicted molar refractivity (Wildman–Crippen MR) is 108 cm³/mol. The van der Waals surface area contributed by atoms with Gasteiger partial charge >= 0.3 is 5.97 Å². The van der Waals surface area contributed by atoms with Crippen molar-refractivity contribution in [2.75, 3.05) is 0 Å². The molecule has 4 rings (SSSR count). The lowest BCUT2D eigenvalue weighted by atomic mass is 9.91. The second-order valence-electron chi connectivity index (χ2n) is 6.47. The van der Waals surface area contributed by atoms with Crippen molar-refractivity contribution < 1.29 is 14.3 Å². The Morgan fingerprint density at radius 3 is 2.78 bits per heavy atom. The summed E-state index contributed by atoms with van der Waals surface area (Å²) in [5.41, 5.74) is 3.69. The van der Waals surface area contributed by atoms with E-state index in [0.717, 1.165) is 22.6 Å². The van der Waals surface area contributed by atoms with E-state index >= 15 is 0 Å². The SMILES string of the molecule is C[C@@H](OC(=O)c1cc2c(s1)-c1ccccc1CC2)C(=O)NCc1cccs1. The van der Waals surface area contributed by atoms with E-state index in [1.807, 2.05) is 35.7 Å². The summed E-state index contributed by atoms with van der Waals surface area (Å²) in [5.74, 6) is -0.728. The Balaban J connectivity index is 1.42. The number of thiophene rings is 2. The smallest absolute Gasteiger partial charge is 0.349 e. The molecule has 0 saturated heterocycles. The zero-order valence-corrected chi connectivity index (χ0v) is 16.5. The third kappa shape index (κ3) is 3.82. The average Bonchev–Trinajstić information content (AvgIpc) is 3.35. The van der Waals surface area contributed by atoms with Crippen molar-refractivity contribution in [2.24, 2.45) is 0 Å². The van der Waals surface area contributed by atoms with Crippen LogP contribution >= 0.6 is 22.7 Å². The summed E-state index contributed by atoms with van der Waals surface area (Å²) >= 11 is 3.02. The Hall–Kier alpha value is -2.44. The topological polar surface area (TPSA) is 55.4 Å². The monoisotopic (exact) mass is 397 g/mol. The van der Waals surface area contributed by atoms with Crippen LogP contribution in [0.3, 0.4) is 0 Å². The summed E-state index contributed by atoms with van der Waals surface area (Å²) in [6, 6.07) is 14.1. The molecule has 1 aliphatic rings. The average molecular weight is 398 g/mol. The number of carbonyl (C=O) groups excluding carboxylic acids is 2. The van der Waals surface area contributed by atoms with Gasteiger partial charge < -0.3 is 10.1 Å². The van der Waals surface area contributed by atoms with E-state index in [1.165, 1.54) is 28.0 Å². The molecule has 1 amide bonds. The highest BCUT2D eigenvalue weighted by molar-refractivity contribution is 7.17. The number of amides is 1. The maximum absolute atomic E-state index is 12.5. The first kappa shape index (κ1) is 17.9. The molecule has 0 aliphatic heterocycles. The van der Waals surface area contributed by atoms with Gasteiger partial charge in [-0.25, -0.2) is 4.79 Å². The number of rotatable bonds is 5. The lowest BCUT2D eigenvalue weighted by Gasteiger charge is -2.15. The fraction of sp³-hybridized carbons (Fsp3) is 0.238. The lowest BCUT2D eigenvalue weighted by Crippen LogP contribution is -2.35. The molecular formula is C21H19NO3S2. The maximum Gasteiger partial charge on any atom is 0.349 e. The Kier molecular flexibility index (Phi) is 5.09. The first-order chi connectivity index (χ1) is 13.1. The molecule has 3 aromatic rings. The fourth-order valence-electron chi connectivity index (χ4n) is 3.18. The molecule has 1 atom stereocenters. The molecular weight excluding hydrogens is 378 g/mol. The van der Waals surface area contributed by atoms with Gasteiger partial charge in [0.1, 0.15) is 4.88 Å². The van der Waals surface area contributed by atoms with E-state index in [1.54, 1.807) is 18.3 Å². The van der Waals surface area contributed by atoms with Gasteiger partial charge in [0.25, 0.3) is 5.91 Å². The van der Waals surface area contributed by atoms with Crippen LogP contribution in [0.15, 0.2) is 47.8 Å². The Bertz CT molecular complexity index is 975. The number of hydrogen-bond donors (Lipinski definition) is 1. The summed E-state index contributed by atoms with van der Waals surface area (Å²) in [7, 11) is 0. The van der Waals surface area contributed by atoms with E-state index in [-0.39, 0.29) is 5.91 Å². The molecule has 1 N–H and O–H groups in total. The van der Waals surface area contributed by atoms with E-state index in [9.17, 15) is 9.59 Å². The minimum Gasteiger partial charge on any atom is -0.448 e. The molecule has 138 valence electrons. The Labute approximate surface area is 165 Å². The van der Waals surface area contributed by atoms with Gasteiger partial charge in [0.2, 0.25) is 0 Å². The normalized spacial score (nSPS) is 13.4. The standard InChI is InChI=1S/C21H19NO3S2/c1-13(20(23)22-12-16-6-4-10-26-16)25-21(24)18-11-15-9-8-14-5-2-3-7-17(14)19(15)27-18/h2-7,10-11,13H,8-9,12H2,1H3,(H,22,23)/t13-/m1/s1. The highest BCUT2D eigenvalue weighted by Gasteiger charge is 2.24. The van der Waals surface area contributed by atoms with Crippen LogP contribution in [0, 0.1) is 0 Å². The molecule has 27 heavy (non-hydrogen) atoms. The summed E-state index contributed by atoms with van der Waals surface area (Å²) < 4.78 is 5.40. The summed E-state index contributed by atoms with van der Waals surface area (Å²) in [5, 5.41) is 4.76. The van der Waals surface area contributed by atoms with Gasteiger partial charge in [-0.3, -0.25) is 4.79 Å². The van der Waals surface area contributed by atoms with Crippen molar-refractivity contribution in [3.05, 3.63) is 68.7 Å². The molecule has 1 aromatic carbocycles. The van der Waals surface area contributed by atoms with Crippen LogP contribution in [0.25, 0.3) is 10.4 Å². The van der Waals surface area contributed by atoms with Gasteiger partial charge in [-0.2, -0.15) is 0 Å². The molecule has 0 radical (unpaired) electrons. The van der Waals surface area contributed by atoms with Crippen LogP contribution in [0.2, 0.25) is 0 Å². The van der Waals surface area contributed by atoms with E-state index in [0.29, 0.717) is 11.4 Å². The number of esters is 1. The van der Waals surface area contributed by atoms with Gasteiger partial charge in [-0.05, 0) is 54.0 Å². The van der Waals surface area contributed by atoms with E-state index < -0.39 is 12.1 Å². The second-order valence-corrected chi connectivity index (χ2v) is 8.55. The quantitative estimate of drug-likeness (QED) is 0.648. The van der Waals surface area contributed by atoms with Crippen LogP contribution in [0.5, 0.6) is 0 Å². The van der Waals surface area contributed by atoms with Crippen LogP contribution in [0.4, 0.5) is 0 Å². The first-order valence-electron chi connectivity index (χ1n) is 8.84. The Morgan fingerprint density at radius 2 is 1.96 bits per heavy atom. The summed E-state index contributed by atoms with van der Waals surface area (Å²) in [4.78, 5) is 27.5. The second kappa shape index (κ2) is 7.66. The third-order valence-electron chi connectivity index (χ3n) is 4.61. The zero-order chi connectivity index (χ0) is 18.8. The number of ether oxygens (including phenoxy) is 1. The highest BCUT2D eigenvalue weighted by Crippen LogP contribution is 2.39. The van der Waals surface area contributed by atoms with E-state index in [2.05, 4.69) is 17.4 Å². The van der Waals surface area contributed by atoms with Gasteiger partial charge in [0, 0.05) is 9.75 Å². The van der Waals surface area contributed by atoms with E-state index in [4.69, 9.17) is 4.74 Å². The molecule has 6 heteroatoms. The minimum absolute atomic E-state index is 0.289. The first-order valence-corrected chi connectivity index (χ1v) is 10.5. The van der Waals surface area contributed by atoms with Crippen LogP contribution < -0.4 is 5.32 Å². The minimum atomic E-state index is -0.830. The predicted octanol–water partition coefficient (Wildman–Crippen LogP) is 4.44. The molecule has 0 saturated carbocycles. The number of hydrogen-bond acceptors (Lipinski definition) is 5. The van der Waals surface area contributed by atoms with Crippen molar-refractivity contribution in [3.63, 3.8) is 0 Å². The number of aryl methyl sites for hydroxylation is 2. The number of nitrogens with one attached hydrogen (secondary N) is 1. The molecule has 0 fully saturated rings. The maximum atomic E-state index is 12.5. The molecule has 2 aromatic heterocycles. The van der Waals surface area contributed by atoms with Gasteiger partial charge in [0.05, 0.1) is 6.54 Å². The Morgan fingerprint density at radius 1 is 1.15 bits per heavy atom. The summed E-state index contributed by atoms with van der Waals surface area (Å²) in [6.07, 6.45) is 1.08. The van der Waals surface area contributed by atoms with Gasteiger partial charge in [-0.1, -0.05) is 30.3 Å². The molecule has 4 nitrogen and oxygen atoms in total. The molecule has 0 spiro atoms. The van der Waals surface area contributed by atoms with Crippen molar-refractivity contribution >= 4 is 34.6 Å². The van der Waals surface area contributed by atoms with Gasteiger partial charge in [-0.15, -0.1) is 22.7 Å². The van der Waals surface area contributed by atoms with Crippen LogP contribution in [0.1, 0.15) is 32.6 Å². The summed E-state index contributed by atoms with van der Waals surface area (Å²) in [6.45, 7) is 2.05. The van der Waals surface area contributed by atoms with Crippen molar-refractivity contribution in [1.82, 2.24) is 5.32 Å².